The molecule has 0 radical (unpaired) electrons. The average Bonchev–Trinajstić information content (AvgIpc) is 0.777. The molecular formula is C124H147N2O18P. The van der Waals surface area contributed by atoms with E-state index in [1.165, 1.54) is 51.4 Å². The number of carboxylic acid groups (broad SMARTS) is 1. The van der Waals surface area contributed by atoms with E-state index >= 15 is 0 Å². The lowest BCUT2D eigenvalue weighted by molar-refractivity contribution is -0.272. The number of nitrogens with one attached hydrogen (secondary N) is 2. The van der Waals surface area contributed by atoms with Crippen LogP contribution in [-0.4, -0.2) is 124 Å². The second-order valence-electron chi connectivity index (χ2n) is 32.1. The number of esters is 3. The summed E-state index contributed by atoms with van der Waals surface area (Å²) in [6.45, 7) is 15.1. The topological polar surface area (TPSA) is 289 Å². The predicted molar refractivity (Wildman–Crippen MR) is 579 cm³/mol. The molecule has 0 aromatic heterocycles. The van der Waals surface area contributed by atoms with E-state index in [1.54, 1.807) is 0 Å². The molecule has 0 aromatic carbocycles. The van der Waals surface area contributed by atoms with Crippen molar-refractivity contribution >= 4 is 43.5 Å². The Hall–Kier alpha value is -14.6. The quantitative estimate of drug-likeness (QED) is 0.00824. The maximum atomic E-state index is 14.7. The van der Waals surface area contributed by atoms with E-state index in [9.17, 15) is 53.3 Å². The minimum atomic E-state index is -5.54. The molecule has 1 saturated heterocycles. The van der Waals surface area contributed by atoms with E-state index in [4.69, 9.17) is 97.2 Å². The van der Waals surface area contributed by atoms with Crippen LogP contribution in [0.15, 0.2) is 12.3 Å². The minimum absolute atomic E-state index is 0.121. The van der Waals surface area contributed by atoms with Gasteiger partial charge in [-0.05, 0) is 295 Å². The monoisotopic (exact) mass is 1980 g/mol. The summed E-state index contributed by atoms with van der Waals surface area (Å²) in [6, 6.07) is -3.50. The molecule has 0 spiro atoms. The van der Waals surface area contributed by atoms with Gasteiger partial charge in [0.05, 0.1) is 38.2 Å². The third-order valence-electron chi connectivity index (χ3n) is 20.1. The number of phosphoric acid groups is 1. The van der Waals surface area contributed by atoms with Crippen LogP contribution in [0.3, 0.4) is 0 Å². The predicted octanol–water partition coefficient (Wildman–Crippen LogP) is 18.4. The van der Waals surface area contributed by atoms with Crippen LogP contribution in [0.2, 0.25) is 0 Å². The Kier molecular flexibility index (Phi) is 105. The molecule has 0 aliphatic carbocycles. The Labute approximate surface area is 873 Å². The molecule has 2 unspecified atom stereocenters. The fourth-order valence-electron chi connectivity index (χ4n) is 13.2. The van der Waals surface area contributed by atoms with Gasteiger partial charge in [0.25, 0.3) is 0 Å². The van der Waals surface area contributed by atoms with Crippen molar-refractivity contribution in [3.05, 3.63) is 12.3 Å². The number of rotatable bonds is 66. The number of phosphoric ester groups is 1. The molecule has 0 aromatic rings. The van der Waals surface area contributed by atoms with Crippen LogP contribution in [0, 0.1) is 301 Å². The van der Waals surface area contributed by atoms with Crippen molar-refractivity contribution in [1.29, 1.82) is 0 Å². The Morgan fingerprint density at radius 2 is 0.593 bits per heavy atom. The molecule has 20 nitrogen and oxygen atoms in total. The number of aliphatic hydroxyl groups excluding tert-OH is 1. The molecule has 1 aliphatic rings. The smallest absolute Gasteiger partial charge is 0.470 e. The molecular weight excluding hydrogens is 1840 g/mol. The number of carbonyl (C=O) groups is 6. The molecule has 6 N–H and O–H groups in total. The van der Waals surface area contributed by atoms with Gasteiger partial charge in [-0.15, -0.1) is 64.2 Å². The van der Waals surface area contributed by atoms with Crippen LogP contribution in [0.1, 0.15) is 356 Å². The molecule has 0 saturated carbocycles. The third kappa shape index (κ3) is 101. The van der Waals surface area contributed by atoms with E-state index in [-0.39, 0.29) is 19.3 Å². The Bertz CT molecular complexity index is 5020. The Morgan fingerprint density at radius 1 is 0.338 bits per heavy atom. The molecule has 766 valence electrons. The highest BCUT2D eigenvalue weighted by molar-refractivity contribution is 7.46. The van der Waals surface area contributed by atoms with Crippen molar-refractivity contribution in [2.45, 2.75) is 411 Å². The number of terminal acetylenes is 10. The number of hydrogen-bond donors (Lipinski definition) is 6. The van der Waals surface area contributed by atoms with Crippen molar-refractivity contribution < 1.29 is 86.3 Å². The zero-order chi connectivity index (χ0) is 108. The van der Waals surface area contributed by atoms with E-state index in [2.05, 4.69) is 289 Å². The maximum absolute atomic E-state index is 14.7. The van der Waals surface area contributed by atoms with Gasteiger partial charge in [-0.2, -0.15) is 0 Å². The summed E-state index contributed by atoms with van der Waals surface area (Å²) in [4.78, 5) is 104. The molecule has 1 heterocycles. The summed E-state index contributed by atoms with van der Waals surface area (Å²) in [5.41, 5.74) is 0. The van der Waals surface area contributed by atoms with E-state index in [0.717, 1.165) is 180 Å². The first kappa shape index (κ1) is 139. The van der Waals surface area contributed by atoms with E-state index < -0.39 is 125 Å². The van der Waals surface area contributed by atoms with Crippen LogP contribution in [-0.2, 0) is 66.3 Å². The molecule has 9 atom stereocenters. The van der Waals surface area contributed by atoms with Gasteiger partial charge >= 0.3 is 31.7 Å². The summed E-state index contributed by atoms with van der Waals surface area (Å²) >= 11 is 0. The fraction of sp³-hybridized carbons (Fsp3) is 0.532. The van der Waals surface area contributed by atoms with E-state index in [0.29, 0.717) is 57.1 Å². The lowest BCUT2D eigenvalue weighted by atomic mass is 9.95. The highest BCUT2D eigenvalue weighted by atomic mass is 31.2. The minimum Gasteiger partial charge on any atom is -0.495 e. The second kappa shape index (κ2) is 110. The zero-order valence-electron chi connectivity index (χ0n) is 86.2. The number of aliphatic carboxylic acids is 1. The molecule has 1 rings (SSSR count). The Morgan fingerprint density at radius 3 is 0.890 bits per heavy atom. The lowest BCUT2D eigenvalue weighted by Gasteiger charge is -2.45. The van der Waals surface area contributed by atoms with Crippen LogP contribution >= 0.6 is 7.82 Å². The fourth-order valence-corrected chi connectivity index (χ4v) is 13.8. The van der Waals surface area contributed by atoms with Crippen LogP contribution < -0.4 is 10.6 Å². The maximum Gasteiger partial charge on any atom is 0.470 e. The number of carboxylic acids is 1. The first-order valence-corrected chi connectivity index (χ1v) is 51.4. The molecule has 21 heteroatoms. The van der Waals surface area contributed by atoms with Crippen LogP contribution in [0.4, 0.5) is 0 Å². The number of unbranched alkanes of at least 4 members (excludes halogenated alkanes) is 34. The third-order valence-corrected chi connectivity index (χ3v) is 20.6. The van der Waals surface area contributed by atoms with Crippen molar-refractivity contribution in [3.63, 3.8) is 0 Å². The van der Waals surface area contributed by atoms with Gasteiger partial charge < -0.3 is 59.1 Å². The lowest BCUT2D eigenvalue weighted by Crippen LogP contribution is -2.66. The molecule has 0 bridgehead atoms. The number of ether oxygens (including phenoxy) is 6. The number of allylic oxidation sites excluding steroid dienone is 1. The van der Waals surface area contributed by atoms with Gasteiger partial charge in [0.15, 0.2) is 18.4 Å². The normalized spacial score (nSPS) is 12.8. The summed E-state index contributed by atoms with van der Waals surface area (Å²) in [5.74, 6) is 87.8. The van der Waals surface area contributed by atoms with Crippen molar-refractivity contribution in [3.8, 4) is 301 Å². The molecule has 1 fully saturated rings. The molecule has 1 aliphatic heterocycles. The van der Waals surface area contributed by atoms with Gasteiger partial charge in [0, 0.05) is 19.3 Å². The summed E-state index contributed by atoms with van der Waals surface area (Å²) in [6.07, 6.45) is 79.0. The van der Waals surface area contributed by atoms with Crippen LogP contribution in [0.25, 0.3) is 0 Å². The Balaban J connectivity index is -0.00000104. The SMILES string of the molecule is C#CC#CC#C.C#CC#CC#C.C#CC#CC#CC#CC#C.C#CC#CC#CC#CC#CC#CC#C.C#CC#CC#CC#CC#CC#CC#C.C=C(CCCCC)O[C@H](CCCCCCCCCCC)CC(=O)N[C@@H](CO[C@@H]1OC(CO)[C@@H](OP(=O)(O)O)[C@H](OC(=O)C[C@@H](CCCCCCCCCCC)OC(=O)CCCCC)C1NC(=O)C[C@@H](CCCCCCCCCCC)OC(=O)CCCCCCCCC)C(=O)O. The van der Waals surface area contributed by atoms with Gasteiger partial charge in [-0.3, -0.25) is 28.5 Å². The van der Waals surface area contributed by atoms with Gasteiger partial charge in [-0.1, -0.05) is 266 Å². The van der Waals surface area contributed by atoms with Gasteiger partial charge in [-0.25, -0.2) is 9.36 Å². The van der Waals surface area contributed by atoms with Crippen molar-refractivity contribution in [1.82, 2.24) is 10.6 Å². The average molecular weight is 1980 g/mol. The highest BCUT2D eigenvalue weighted by Crippen LogP contribution is 2.43. The summed E-state index contributed by atoms with van der Waals surface area (Å²) in [7, 11) is -5.54. The number of aliphatic hydroxyl groups is 1. The summed E-state index contributed by atoms with van der Waals surface area (Å²) in [5, 5.41) is 26.8. The second-order valence-corrected chi connectivity index (χ2v) is 33.3. The summed E-state index contributed by atoms with van der Waals surface area (Å²) < 4.78 is 54.9. The zero-order valence-corrected chi connectivity index (χ0v) is 87.1. The number of carbonyl (C=O) groups excluding carboxylic acids is 5. The molecule has 145 heavy (non-hydrogen) atoms. The van der Waals surface area contributed by atoms with Crippen molar-refractivity contribution in [2.75, 3.05) is 13.2 Å². The van der Waals surface area contributed by atoms with Gasteiger partial charge in [0.2, 0.25) is 11.8 Å². The standard InChI is InChI=1S/C74H137N2O18P.2C14H2.C10H2.2C6H2/c1-8-14-20-24-28-31-35-38-44-49-60(89-59(7)48-42-18-12-5)54-65(78)75-63(73(83)84)58-88-74-70(76-66(79)55-61(50-45-39-36-32-29-25-21-15-9-2)90-68(81)53-47-41-34-27-23-17-11-4)72(71(64(57-77)92-74)94-95(85,86)87)93-69(82)56-62(91-67(80)52-43-19-13-6)51-46-40-37-33-30-26-22-16-10-3;2*1-3-5-7-9-11-13-14-12-10-8-6-4-2;1-3-5-7-9-10-8-6-4-2;2*1-3-5-6-4-2/h60-64,70-72,74,77H,7-58H2,1-6H3,(H,75,78)(H,76,79)(H,83,84)(H2,85,86,87);2*1-2H;1-2H;2*1-2H/t60-,61-,62-,63+,64?,70?,71-,72-,74-;;;;;/m1...../s1. The number of amides is 2. The largest absolute Gasteiger partial charge is 0.495 e. The first-order valence-electron chi connectivity index (χ1n) is 49.8. The first-order chi connectivity index (χ1) is 70.4. The number of hydrogen-bond acceptors (Lipinski definition) is 15. The van der Waals surface area contributed by atoms with E-state index in [1.807, 2.05) is 6.92 Å². The highest BCUT2D eigenvalue weighted by Gasteiger charge is 2.53. The van der Waals surface area contributed by atoms with Crippen LogP contribution in [0.5, 0.6) is 0 Å². The van der Waals surface area contributed by atoms with Gasteiger partial charge in [0.1, 0.15) is 36.6 Å². The van der Waals surface area contributed by atoms with Crippen molar-refractivity contribution in [2.24, 2.45) is 0 Å². The molecule has 2 amide bonds.